The van der Waals surface area contributed by atoms with Crippen LogP contribution in [0.15, 0.2) is 24.3 Å². The zero-order valence-corrected chi connectivity index (χ0v) is 13.4. The minimum absolute atomic E-state index is 0.598. The number of amides is 2. The van der Waals surface area contributed by atoms with Gasteiger partial charge in [-0.2, -0.15) is 26.3 Å². The molecule has 0 heterocycles. The average molecular weight is 369 g/mol. The van der Waals surface area contributed by atoms with Gasteiger partial charge in [0, 0.05) is 0 Å². The third kappa shape index (κ3) is 6.06. The average Bonchev–Trinajstić information content (AvgIpc) is 2.51. The summed E-state index contributed by atoms with van der Waals surface area (Å²) in [4.78, 5) is 21.6. The minimum atomic E-state index is -5.61. The molecule has 25 heavy (non-hydrogen) atoms. The molecule has 0 aromatic heterocycles. The van der Waals surface area contributed by atoms with Gasteiger partial charge in [0.05, 0.1) is 5.69 Å². The van der Waals surface area contributed by atoms with Gasteiger partial charge in [-0.05, 0) is 30.5 Å². The molecule has 9 heteroatoms. The van der Waals surface area contributed by atoms with Crippen molar-refractivity contribution in [3.63, 3.8) is 0 Å². The molecule has 0 saturated heterocycles. The summed E-state index contributed by atoms with van der Waals surface area (Å²) >= 11 is 0. The molecule has 0 spiro atoms. The van der Waals surface area contributed by atoms with Crippen LogP contribution in [0.2, 0.25) is 0 Å². The number of benzene rings is 1. The van der Waals surface area contributed by atoms with Gasteiger partial charge >= 0.3 is 24.2 Å². The number of carbonyl (C=O) groups excluding carboxylic acids is 2. The molecule has 0 unspecified atom stereocenters. The number of rotatable bonds is 6. The monoisotopic (exact) mass is 369 g/mol. The first-order valence-electron chi connectivity index (χ1n) is 7.59. The molecule has 1 aromatic carbocycles. The van der Waals surface area contributed by atoms with Crippen molar-refractivity contribution in [3.05, 3.63) is 29.8 Å². The summed E-state index contributed by atoms with van der Waals surface area (Å²) in [6.07, 6.45) is -6.82. The van der Waals surface area contributed by atoms with Crippen molar-refractivity contribution >= 4 is 17.5 Å². The lowest BCUT2D eigenvalue weighted by Crippen LogP contribution is -2.50. The third-order valence-corrected chi connectivity index (χ3v) is 3.40. The molecule has 0 fully saturated rings. The Morgan fingerprint density at radius 1 is 0.840 bits per heavy atom. The van der Waals surface area contributed by atoms with Gasteiger partial charge in [-0.3, -0.25) is 9.59 Å². The Morgan fingerprint density at radius 2 is 1.32 bits per heavy atom. The van der Waals surface area contributed by atoms with Gasteiger partial charge in [0.2, 0.25) is 0 Å². The highest BCUT2D eigenvalue weighted by Gasteiger charge is 2.52. The van der Waals surface area contributed by atoms with Gasteiger partial charge < -0.3 is 0 Å². The Kier molecular flexibility index (Phi) is 7.01. The number of unbranched alkanes of at least 4 members (excludes halogenated alkanes) is 3. The fourth-order valence-corrected chi connectivity index (χ4v) is 2.15. The molecule has 1 aromatic rings. The highest BCUT2D eigenvalue weighted by Crippen LogP contribution is 2.29. The Hall–Kier alpha value is -2.06. The summed E-state index contributed by atoms with van der Waals surface area (Å²) in [7, 11) is 0. The number of hydrogen-bond donors (Lipinski definition) is 0. The van der Waals surface area contributed by atoms with Crippen LogP contribution >= 0.6 is 0 Å². The molecule has 0 atom stereocenters. The summed E-state index contributed by atoms with van der Waals surface area (Å²) in [6, 6.07) is 4.42. The molecule has 1 rings (SSSR count). The maximum absolute atomic E-state index is 12.5. The van der Waals surface area contributed by atoms with E-state index in [9.17, 15) is 35.9 Å². The molecule has 0 radical (unpaired) electrons. The molecule has 0 saturated carbocycles. The molecule has 2 amide bonds. The van der Waals surface area contributed by atoms with Crippen LogP contribution in [-0.2, 0) is 16.0 Å². The van der Waals surface area contributed by atoms with Crippen molar-refractivity contribution in [2.24, 2.45) is 0 Å². The first-order chi connectivity index (χ1) is 11.5. The molecule has 0 aliphatic carbocycles. The quantitative estimate of drug-likeness (QED) is 0.534. The molecule has 0 bridgehead atoms. The Bertz CT molecular complexity index is 566. The fraction of sp³-hybridized carbons (Fsp3) is 0.500. The third-order valence-electron chi connectivity index (χ3n) is 3.40. The van der Waals surface area contributed by atoms with E-state index in [4.69, 9.17) is 0 Å². The van der Waals surface area contributed by atoms with Crippen molar-refractivity contribution in [2.75, 3.05) is 4.90 Å². The van der Waals surface area contributed by atoms with Crippen LogP contribution in [0.4, 0.5) is 32.0 Å². The number of nitrogens with zero attached hydrogens (tertiary/aromatic N) is 1. The van der Waals surface area contributed by atoms with Crippen molar-refractivity contribution < 1.29 is 35.9 Å². The van der Waals surface area contributed by atoms with Crippen molar-refractivity contribution in [3.8, 4) is 0 Å². The van der Waals surface area contributed by atoms with E-state index in [-0.39, 0.29) is 0 Å². The Balaban J connectivity index is 3.03. The SMILES string of the molecule is CCCCCCc1ccc(N(C(=O)C(F)(F)F)C(=O)C(F)(F)F)cc1. The summed E-state index contributed by atoms with van der Waals surface area (Å²) < 4.78 is 75.2. The van der Waals surface area contributed by atoms with Gasteiger partial charge in [-0.15, -0.1) is 0 Å². The van der Waals surface area contributed by atoms with Crippen LogP contribution in [-0.4, -0.2) is 24.2 Å². The van der Waals surface area contributed by atoms with Crippen LogP contribution < -0.4 is 4.90 Å². The lowest BCUT2D eigenvalue weighted by molar-refractivity contribution is -0.181. The van der Waals surface area contributed by atoms with Gasteiger partial charge in [0.1, 0.15) is 0 Å². The van der Waals surface area contributed by atoms with E-state index in [0.717, 1.165) is 37.8 Å². The number of hydrogen-bond acceptors (Lipinski definition) is 2. The number of imide groups is 1. The van der Waals surface area contributed by atoms with Crippen LogP contribution in [0.5, 0.6) is 0 Å². The molecule has 0 aliphatic heterocycles. The van der Waals surface area contributed by atoms with E-state index in [1.807, 2.05) is 6.92 Å². The van der Waals surface area contributed by atoms with Crippen molar-refractivity contribution in [1.82, 2.24) is 0 Å². The van der Waals surface area contributed by atoms with Crippen LogP contribution in [0.25, 0.3) is 0 Å². The van der Waals surface area contributed by atoms with E-state index in [2.05, 4.69) is 0 Å². The van der Waals surface area contributed by atoms with Gasteiger partial charge in [0.25, 0.3) is 0 Å². The summed E-state index contributed by atoms with van der Waals surface area (Å²) in [5.74, 6) is -5.77. The van der Waals surface area contributed by atoms with Crippen molar-refractivity contribution in [1.29, 1.82) is 0 Å². The second-order valence-corrected chi connectivity index (χ2v) is 5.42. The number of aryl methyl sites for hydroxylation is 1. The topological polar surface area (TPSA) is 37.4 Å². The van der Waals surface area contributed by atoms with E-state index in [1.54, 1.807) is 0 Å². The predicted molar refractivity (Wildman–Crippen MR) is 78.9 cm³/mol. The standard InChI is InChI=1S/C16H17F6NO2/c1-2-3-4-5-6-11-7-9-12(10-8-11)23(13(24)15(17,18)19)14(25)16(20,21)22/h7-10H,2-6H2,1H3. The Morgan fingerprint density at radius 3 is 1.72 bits per heavy atom. The van der Waals surface area contributed by atoms with E-state index >= 15 is 0 Å². The molecule has 3 nitrogen and oxygen atoms in total. The van der Waals surface area contributed by atoms with Gasteiger partial charge in [0.15, 0.2) is 0 Å². The van der Waals surface area contributed by atoms with Crippen molar-refractivity contribution in [2.45, 2.75) is 51.4 Å². The first-order valence-corrected chi connectivity index (χ1v) is 7.59. The molecular formula is C16H17F6NO2. The number of alkyl halides is 6. The smallest absolute Gasteiger partial charge is 0.263 e. The van der Waals surface area contributed by atoms with E-state index in [0.29, 0.717) is 12.0 Å². The molecule has 0 N–H and O–H groups in total. The van der Waals surface area contributed by atoms with Crippen LogP contribution in [0, 0.1) is 0 Å². The number of anilines is 1. The van der Waals surface area contributed by atoms with Crippen LogP contribution in [0.1, 0.15) is 38.2 Å². The lowest BCUT2D eigenvalue weighted by Gasteiger charge is -2.23. The maximum Gasteiger partial charge on any atom is 0.472 e. The highest BCUT2D eigenvalue weighted by molar-refractivity contribution is 6.18. The summed E-state index contributed by atoms with van der Waals surface area (Å²) in [6.45, 7) is 2.03. The molecule has 140 valence electrons. The number of carbonyl (C=O) groups is 2. The largest absolute Gasteiger partial charge is 0.472 e. The zero-order valence-electron chi connectivity index (χ0n) is 13.4. The Labute approximate surface area is 140 Å². The second-order valence-electron chi connectivity index (χ2n) is 5.42. The first kappa shape index (κ1) is 21.0. The zero-order chi connectivity index (χ0) is 19.3. The van der Waals surface area contributed by atoms with Crippen LogP contribution in [0.3, 0.4) is 0 Å². The second kappa shape index (κ2) is 8.35. The summed E-state index contributed by atoms with van der Waals surface area (Å²) in [5, 5.41) is 0. The van der Waals surface area contributed by atoms with Gasteiger partial charge in [-0.25, -0.2) is 4.90 Å². The predicted octanol–water partition coefficient (Wildman–Crippen LogP) is 4.79. The molecular weight excluding hydrogens is 352 g/mol. The molecule has 0 aliphatic rings. The number of halogens is 6. The minimum Gasteiger partial charge on any atom is -0.263 e. The van der Waals surface area contributed by atoms with Gasteiger partial charge in [-0.1, -0.05) is 38.3 Å². The highest BCUT2D eigenvalue weighted by atomic mass is 19.4. The van der Waals surface area contributed by atoms with E-state index in [1.165, 1.54) is 12.1 Å². The normalized spacial score (nSPS) is 12.1. The van der Waals surface area contributed by atoms with E-state index < -0.39 is 34.8 Å². The summed E-state index contributed by atoms with van der Waals surface area (Å²) in [5.41, 5.74) is -0.0827. The fourth-order valence-electron chi connectivity index (χ4n) is 2.15. The maximum atomic E-state index is 12.5. The lowest BCUT2D eigenvalue weighted by atomic mass is 10.1.